The van der Waals surface area contributed by atoms with E-state index in [9.17, 15) is 34.1 Å². The fraction of sp³-hybridized carbons (Fsp3) is 0.761. The lowest BCUT2D eigenvalue weighted by Gasteiger charge is -2.28. The molecule has 2 N–H and O–H groups in total. The molecule has 1 aliphatic carbocycles. The van der Waals surface area contributed by atoms with Crippen LogP contribution in [-0.2, 0) is 37.5 Å². The smallest absolute Gasteiger partial charge is 0.306 e. The van der Waals surface area contributed by atoms with Crippen molar-refractivity contribution in [3.05, 3.63) is 48.6 Å². The van der Waals surface area contributed by atoms with Crippen molar-refractivity contribution in [3.63, 3.8) is 0 Å². The number of phosphoric ester groups is 1. The quantitative estimate of drug-likeness (QED) is 0.0203. The number of quaternary nitrogens is 1. The molecule has 59 heavy (non-hydrogen) atoms. The number of hydrogen-bond donors (Lipinski definition) is 2. The van der Waals surface area contributed by atoms with Gasteiger partial charge in [0.15, 0.2) is 6.10 Å². The number of aliphatic hydroxyl groups is 2. The van der Waals surface area contributed by atoms with E-state index in [2.05, 4.69) is 50.3 Å². The molecule has 0 aromatic carbocycles. The van der Waals surface area contributed by atoms with Crippen LogP contribution in [0.5, 0.6) is 0 Å². The second-order valence-corrected chi connectivity index (χ2v) is 18.2. The summed E-state index contributed by atoms with van der Waals surface area (Å²) in [7, 11) is 1.01. The molecular weight excluding hydrogens is 773 g/mol. The Hall–Kier alpha value is -2.44. The van der Waals surface area contributed by atoms with E-state index in [0.717, 1.165) is 89.9 Å². The predicted octanol–water partition coefficient (Wildman–Crippen LogP) is 8.64. The summed E-state index contributed by atoms with van der Waals surface area (Å²) >= 11 is 0. The van der Waals surface area contributed by atoms with Gasteiger partial charge < -0.3 is 38.1 Å². The minimum Gasteiger partial charge on any atom is -0.756 e. The summed E-state index contributed by atoms with van der Waals surface area (Å²) in [5.41, 5.74) is 0. The number of hydrogen-bond acceptors (Lipinski definition) is 11. The first-order chi connectivity index (χ1) is 28.2. The van der Waals surface area contributed by atoms with Crippen molar-refractivity contribution in [1.82, 2.24) is 0 Å². The predicted molar refractivity (Wildman–Crippen MR) is 232 cm³/mol. The first-order valence-corrected chi connectivity index (χ1v) is 23.9. The van der Waals surface area contributed by atoms with Crippen LogP contribution >= 0.6 is 7.82 Å². The van der Waals surface area contributed by atoms with Gasteiger partial charge in [-0.2, -0.15) is 0 Å². The Morgan fingerprint density at radius 2 is 1.46 bits per heavy atom. The second kappa shape index (κ2) is 33.2. The summed E-state index contributed by atoms with van der Waals surface area (Å²) in [5, 5.41) is 20.7. The molecular formula is C46H80NO11P. The third-order valence-electron chi connectivity index (χ3n) is 10.2. The Morgan fingerprint density at radius 3 is 2.14 bits per heavy atom. The molecule has 0 amide bonds. The van der Waals surface area contributed by atoms with E-state index in [1.165, 1.54) is 0 Å². The number of Topliss-reactive ketones (excluding diaryl/α,β-unsaturated/α-hetero) is 1. The van der Waals surface area contributed by atoms with Gasteiger partial charge in [0.25, 0.3) is 7.82 Å². The highest BCUT2D eigenvalue weighted by Gasteiger charge is 2.39. The largest absolute Gasteiger partial charge is 0.756 e. The van der Waals surface area contributed by atoms with Gasteiger partial charge in [0.05, 0.1) is 40.0 Å². The summed E-state index contributed by atoms with van der Waals surface area (Å²) in [5.74, 6) is -1.55. The molecule has 1 rings (SSSR count). The molecule has 1 unspecified atom stereocenters. The van der Waals surface area contributed by atoms with Crippen LogP contribution in [0.3, 0.4) is 0 Å². The van der Waals surface area contributed by atoms with Crippen LogP contribution in [0, 0.1) is 11.8 Å². The van der Waals surface area contributed by atoms with Crippen LogP contribution in [0.1, 0.15) is 149 Å². The SMILES string of the molecule is CC/C=C\C/C=C\C/C=C\CCCCCCCC(=O)O[C@H](COC(=O)CCCCCC[C@H]1C(=O)C[C@@H](O)[C@@H]1/C=C/[C@@H](O)CCCCC)COP(=O)([O-])OCC[N+](C)(C)C. The molecule has 1 saturated carbocycles. The fourth-order valence-corrected chi connectivity index (χ4v) is 7.41. The van der Waals surface area contributed by atoms with Crippen molar-refractivity contribution >= 4 is 25.5 Å². The fourth-order valence-electron chi connectivity index (χ4n) is 6.68. The van der Waals surface area contributed by atoms with Gasteiger partial charge in [-0.3, -0.25) is 18.9 Å². The normalized spacial score (nSPS) is 19.7. The van der Waals surface area contributed by atoms with Gasteiger partial charge in [0.2, 0.25) is 0 Å². The minimum atomic E-state index is -4.69. The van der Waals surface area contributed by atoms with Crippen LogP contribution in [0.25, 0.3) is 0 Å². The molecule has 1 aliphatic rings. The molecule has 0 aliphatic heterocycles. The molecule has 6 atom stereocenters. The van der Waals surface area contributed by atoms with Crippen LogP contribution in [0.4, 0.5) is 0 Å². The van der Waals surface area contributed by atoms with Crippen molar-refractivity contribution in [1.29, 1.82) is 0 Å². The first-order valence-electron chi connectivity index (χ1n) is 22.4. The Labute approximate surface area is 356 Å². The maximum atomic E-state index is 12.7. The highest BCUT2D eigenvalue weighted by molar-refractivity contribution is 7.45. The number of aliphatic hydroxyl groups excluding tert-OH is 2. The van der Waals surface area contributed by atoms with Crippen molar-refractivity contribution in [2.45, 2.75) is 167 Å². The first kappa shape index (κ1) is 54.6. The number of ketones is 1. The maximum Gasteiger partial charge on any atom is 0.306 e. The lowest BCUT2D eigenvalue weighted by Crippen LogP contribution is -2.37. The van der Waals surface area contributed by atoms with Crippen LogP contribution in [-0.4, -0.2) is 98.2 Å². The summed E-state index contributed by atoms with van der Waals surface area (Å²) < 4.78 is 33.8. The van der Waals surface area contributed by atoms with Crippen LogP contribution < -0.4 is 4.89 Å². The molecule has 0 spiro atoms. The van der Waals surface area contributed by atoms with Crippen molar-refractivity contribution < 1.29 is 57.1 Å². The van der Waals surface area contributed by atoms with Gasteiger partial charge in [-0.15, -0.1) is 0 Å². The number of carbonyl (C=O) groups is 3. The zero-order valence-electron chi connectivity index (χ0n) is 37.1. The number of likely N-dealkylation sites (N-methyl/N-ethyl adjacent to an activating group) is 1. The zero-order valence-corrected chi connectivity index (χ0v) is 38.0. The van der Waals surface area contributed by atoms with E-state index in [1.807, 2.05) is 27.2 Å². The third-order valence-corrected chi connectivity index (χ3v) is 11.2. The molecule has 340 valence electrons. The van der Waals surface area contributed by atoms with Gasteiger partial charge in [-0.1, -0.05) is 120 Å². The average molecular weight is 854 g/mol. The third kappa shape index (κ3) is 30.3. The van der Waals surface area contributed by atoms with E-state index in [1.54, 1.807) is 6.08 Å². The van der Waals surface area contributed by atoms with Crippen molar-refractivity contribution in [2.75, 3.05) is 47.5 Å². The molecule has 0 aromatic rings. The number of phosphoric acid groups is 1. The number of rotatable bonds is 36. The van der Waals surface area contributed by atoms with Crippen molar-refractivity contribution in [2.24, 2.45) is 11.8 Å². The van der Waals surface area contributed by atoms with E-state index in [-0.39, 0.29) is 50.1 Å². The molecule has 0 heterocycles. The number of allylic oxidation sites excluding steroid dienone is 6. The highest BCUT2D eigenvalue weighted by Crippen LogP contribution is 2.38. The van der Waals surface area contributed by atoms with Gasteiger partial charge >= 0.3 is 11.9 Å². The number of ether oxygens (including phenoxy) is 2. The Kier molecular flexibility index (Phi) is 30.7. The second-order valence-electron chi connectivity index (χ2n) is 16.8. The molecule has 12 nitrogen and oxygen atoms in total. The minimum absolute atomic E-state index is 0.0455. The van der Waals surface area contributed by atoms with Crippen molar-refractivity contribution in [3.8, 4) is 0 Å². The lowest BCUT2D eigenvalue weighted by molar-refractivity contribution is -0.870. The monoisotopic (exact) mass is 854 g/mol. The molecule has 0 radical (unpaired) electrons. The van der Waals surface area contributed by atoms with E-state index in [4.69, 9.17) is 18.5 Å². The summed E-state index contributed by atoms with van der Waals surface area (Å²) in [6, 6.07) is 0. The van der Waals surface area contributed by atoms with Gasteiger partial charge in [-0.25, -0.2) is 0 Å². The van der Waals surface area contributed by atoms with Crippen LogP contribution in [0.2, 0.25) is 0 Å². The van der Waals surface area contributed by atoms with E-state index < -0.39 is 44.7 Å². The lowest BCUT2D eigenvalue weighted by atomic mass is 9.88. The number of carbonyl (C=O) groups excluding carboxylic acids is 3. The zero-order chi connectivity index (χ0) is 43.8. The maximum absolute atomic E-state index is 12.7. The number of nitrogens with zero attached hydrogens (tertiary/aromatic N) is 1. The van der Waals surface area contributed by atoms with Gasteiger partial charge in [0.1, 0.15) is 25.5 Å². The molecule has 0 bridgehead atoms. The van der Waals surface area contributed by atoms with E-state index in [0.29, 0.717) is 36.7 Å². The summed E-state index contributed by atoms with van der Waals surface area (Å²) in [4.78, 5) is 50.3. The topological polar surface area (TPSA) is 169 Å². The summed E-state index contributed by atoms with van der Waals surface area (Å²) in [6.07, 6.45) is 30.4. The molecule has 0 saturated heterocycles. The summed E-state index contributed by atoms with van der Waals surface area (Å²) in [6.45, 7) is 3.71. The molecule has 1 fully saturated rings. The van der Waals surface area contributed by atoms with Gasteiger partial charge in [0, 0.05) is 31.1 Å². The molecule has 0 aromatic heterocycles. The highest BCUT2D eigenvalue weighted by atomic mass is 31.2. The average Bonchev–Trinajstić information content (AvgIpc) is 3.44. The Bertz CT molecular complexity index is 1310. The number of unbranched alkanes of at least 4 members (excludes halogenated alkanes) is 10. The number of esters is 2. The standard InChI is InChI=1S/C46H80NO11P/c1-6-8-10-11-12-13-14-15-16-17-18-19-20-21-27-31-46(52)58-40(38-57-59(53,54)56-35-34-47(3,4)5)37-55-45(51)30-26-23-22-25-29-41-42(44(50)36-43(41)49)33-32-39(48)28-24-9-7-2/h8,10,12-13,15-16,32-33,39-42,44,48,50H,6-7,9,11,14,17-31,34-38H2,1-5H3/b10-8-,13-12-,16-15-,33-32+/t39-,40+,41+,42+,44+/m0/s1. The van der Waals surface area contributed by atoms with Crippen LogP contribution in [0.15, 0.2) is 48.6 Å². The Balaban J connectivity index is 2.48. The Morgan fingerprint density at radius 1 is 0.831 bits per heavy atom. The van der Waals surface area contributed by atoms with Gasteiger partial charge in [-0.05, 0) is 57.8 Å². The molecule has 13 heteroatoms. The van der Waals surface area contributed by atoms with E-state index >= 15 is 0 Å².